The van der Waals surface area contributed by atoms with Crippen LogP contribution in [-0.2, 0) is 6.42 Å². The number of aryl methyl sites for hydroxylation is 1. The highest BCUT2D eigenvalue weighted by Gasteiger charge is 2.06. The molecule has 0 aliphatic carbocycles. The van der Waals surface area contributed by atoms with Crippen LogP contribution in [0.15, 0.2) is 24.3 Å². The van der Waals surface area contributed by atoms with E-state index in [1.165, 1.54) is 3.57 Å². The highest BCUT2D eigenvalue weighted by atomic mass is 127. The van der Waals surface area contributed by atoms with Gasteiger partial charge in [-0.15, -0.1) is 5.10 Å². The van der Waals surface area contributed by atoms with E-state index in [9.17, 15) is 0 Å². The number of hydrogen-bond donors (Lipinski definition) is 1. The van der Waals surface area contributed by atoms with Crippen molar-refractivity contribution in [2.24, 2.45) is 0 Å². The molecule has 1 N–H and O–H groups in total. The van der Waals surface area contributed by atoms with Gasteiger partial charge in [0.05, 0.1) is 5.69 Å². The molecule has 0 radical (unpaired) electrons. The van der Waals surface area contributed by atoms with Gasteiger partial charge < -0.3 is 0 Å². The summed E-state index contributed by atoms with van der Waals surface area (Å²) in [5.74, 6) is 0. The Kier molecular flexibility index (Phi) is 2.81. The zero-order chi connectivity index (χ0) is 9.97. The van der Waals surface area contributed by atoms with Crippen LogP contribution < -0.4 is 0 Å². The van der Waals surface area contributed by atoms with Gasteiger partial charge in [0.2, 0.25) is 0 Å². The number of aromatic nitrogens is 3. The average Bonchev–Trinajstić information content (AvgIpc) is 2.67. The van der Waals surface area contributed by atoms with Crippen molar-refractivity contribution in [2.75, 3.05) is 0 Å². The van der Waals surface area contributed by atoms with Crippen LogP contribution >= 0.6 is 22.6 Å². The van der Waals surface area contributed by atoms with Crippen LogP contribution in [0.2, 0.25) is 0 Å². The number of H-pyrrole nitrogens is 1. The van der Waals surface area contributed by atoms with E-state index in [0.29, 0.717) is 0 Å². The molecule has 0 bridgehead atoms. The molecule has 0 fully saturated rings. The second kappa shape index (κ2) is 4.08. The molecule has 0 saturated carbocycles. The number of aromatic amines is 1. The fraction of sp³-hybridized carbons (Fsp3) is 0.200. The standard InChI is InChI=1S/C10H10IN3/c1-2-9-10(13-14-12-9)7-3-5-8(11)6-4-7/h3-6H,2H2,1H3,(H,12,13,14). The SMILES string of the molecule is CCc1[nH]nnc1-c1ccc(I)cc1. The third kappa shape index (κ3) is 1.79. The van der Waals surface area contributed by atoms with Crippen LogP contribution in [0.25, 0.3) is 11.3 Å². The Morgan fingerprint density at radius 3 is 2.64 bits per heavy atom. The van der Waals surface area contributed by atoms with Crippen LogP contribution in [0.4, 0.5) is 0 Å². The summed E-state index contributed by atoms with van der Waals surface area (Å²) in [4.78, 5) is 0. The molecule has 1 heterocycles. The van der Waals surface area contributed by atoms with E-state index in [1.54, 1.807) is 0 Å². The van der Waals surface area contributed by atoms with E-state index in [1.807, 2.05) is 0 Å². The first-order valence-corrected chi connectivity index (χ1v) is 5.55. The molecule has 2 rings (SSSR count). The Morgan fingerprint density at radius 2 is 2.00 bits per heavy atom. The maximum Gasteiger partial charge on any atom is 0.115 e. The van der Waals surface area contributed by atoms with Crippen molar-refractivity contribution in [1.82, 2.24) is 15.4 Å². The van der Waals surface area contributed by atoms with Gasteiger partial charge in [0, 0.05) is 9.13 Å². The van der Waals surface area contributed by atoms with Crippen molar-refractivity contribution in [3.8, 4) is 11.3 Å². The van der Waals surface area contributed by atoms with Gasteiger partial charge in [0.15, 0.2) is 0 Å². The van der Waals surface area contributed by atoms with E-state index in [0.717, 1.165) is 23.4 Å². The second-order valence-corrected chi connectivity index (χ2v) is 4.25. The highest BCUT2D eigenvalue weighted by Crippen LogP contribution is 2.20. The number of benzene rings is 1. The lowest BCUT2D eigenvalue weighted by Crippen LogP contribution is -1.85. The molecule has 0 unspecified atom stereocenters. The third-order valence-corrected chi connectivity index (χ3v) is 2.81. The summed E-state index contributed by atoms with van der Waals surface area (Å²) in [5, 5.41) is 10.8. The number of rotatable bonds is 2. The van der Waals surface area contributed by atoms with Gasteiger partial charge in [-0.2, -0.15) is 0 Å². The zero-order valence-corrected chi connectivity index (χ0v) is 9.95. The Bertz CT molecular complexity index is 419. The number of halogens is 1. The summed E-state index contributed by atoms with van der Waals surface area (Å²) in [6.07, 6.45) is 0.925. The number of nitrogens with one attached hydrogen (secondary N) is 1. The topological polar surface area (TPSA) is 41.6 Å². The van der Waals surface area contributed by atoms with Crippen molar-refractivity contribution in [2.45, 2.75) is 13.3 Å². The molecule has 14 heavy (non-hydrogen) atoms. The molecule has 0 spiro atoms. The van der Waals surface area contributed by atoms with E-state index in [-0.39, 0.29) is 0 Å². The van der Waals surface area contributed by atoms with Crippen LogP contribution in [0.1, 0.15) is 12.6 Å². The predicted molar refractivity (Wildman–Crippen MR) is 63.9 cm³/mol. The second-order valence-electron chi connectivity index (χ2n) is 3.00. The minimum absolute atomic E-state index is 0.925. The van der Waals surface area contributed by atoms with Crippen molar-refractivity contribution < 1.29 is 0 Å². The van der Waals surface area contributed by atoms with E-state index in [2.05, 4.69) is 69.2 Å². The van der Waals surface area contributed by atoms with Gasteiger partial charge in [-0.25, -0.2) is 0 Å². The molecule has 1 aromatic carbocycles. The summed E-state index contributed by atoms with van der Waals surface area (Å²) in [5.41, 5.74) is 3.17. The molecule has 2 aromatic rings. The molecular formula is C10H10IN3. The Hall–Kier alpha value is -0.910. The fourth-order valence-electron chi connectivity index (χ4n) is 1.33. The summed E-state index contributed by atoms with van der Waals surface area (Å²) < 4.78 is 1.23. The quantitative estimate of drug-likeness (QED) is 0.866. The monoisotopic (exact) mass is 299 g/mol. The molecule has 0 amide bonds. The first-order chi connectivity index (χ1) is 6.81. The first-order valence-electron chi connectivity index (χ1n) is 4.47. The predicted octanol–water partition coefficient (Wildman–Crippen LogP) is 2.64. The van der Waals surface area contributed by atoms with Gasteiger partial charge in [-0.3, -0.25) is 5.10 Å². The van der Waals surface area contributed by atoms with E-state index < -0.39 is 0 Å². The smallest absolute Gasteiger partial charge is 0.115 e. The van der Waals surface area contributed by atoms with Crippen LogP contribution in [0, 0.1) is 3.57 Å². The maximum atomic E-state index is 4.08. The Labute approximate surface area is 96.1 Å². The minimum atomic E-state index is 0.925. The van der Waals surface area contributed by atoms with Crippen molar-refractivity contribution >= 4 is 22.6 Å². The Morgan fingerprint density at radius 1 is 1.29 bits per heavy atom. The van der Waals surface area contributed by atoms with Crippen molar-refractivity contribution in [1.29, 1.82) is 0 Å². The lowest BCUT2D eigenvalue weighted by molar-refractivity contribution is 0.908. The van der Waals surface area contributed by atoms with Gasteiger partial charge in [-0.1, -0.05) is 24.3 Å². The molecule has 4 heteroatoms. The van der Waals surface area contributed by atoms with Gasteiger partial charge in [0.1, 0.15) is 5.69 Å². The largest absolute Gasteiger partial charge is 0.262 e. The van der Waals surface area contributed by atoms with Crippen LogP contribution in [0.5, 0.6) is 0 Å². The average molecular weight is 299 g/mol. The molecule has 0 atom stereocenters. The number of nitrogens with zero attached hydrogens (tertiary/aromatic N) is 2. The van der Waals surface area contributed by atoms with Gasteiger partial charge in [0.25, 0.3) is 0 Å². The van der Waals surface area contributed by atoms with Gasteiger partial charge in [-0.05, 0) is 41.1 Å². The molecular weight excluding hydrogens is 289 g/mol. The lowest BCUT2D eigenvalue weighted by atomic mass is 10.1. The fourth-order valence-corrected chi connectivity index (χ4v) is 1.69. The number of hydrogen-bond acceptors (Lipinski definition) is 2. The summed E-state index contributed by atoms with van der Waals surface area (Å²) in [6, 6.07) is 8.28. The van der Waals surface area contributed by atoms with Crippen LogP contribution in [0.3, 0.4) is 0 Å². The van der Waals surface area contributed by atoms with Gasteiger partial charge >= 0.3 is 0 Å². The normalized spacial score (nSPS) is 10.4. The first kappa shape index (κ1) is 9.64. The molecule has 3 nitrogen and oxygen atoms in total. The maximum absolute atomic E-state index is 4.08. The highest BCUT2D eigenvalue weighted by molar-refractivity contribution is 14.1. The third-order valence-electron chi connectivity index (χ3n) is 2.09. The molecule has 1 aromatic heterocycles. The van der Waals surface area contributed by atoms with E-state index in [4.69, 9.17) is 0 Å². The summed E-state index contributed by atoms with van der Waals surface area (Å²) in [7, 11) is 0. The molecule has 0 aliphatic rings. The molecule has 0 saturated heterocycles. The van der Waals surface area contributed by atoms with Crippen molar-refractivity contribution in [3.05, 3.63) is 33.5 Å². The Balaban J connectivity index is 2.44. The molecule has 72 valence electrons. The minimum Gasteiger partial charge on any atom is -0.262 e. The zero-order valence-electron chi connectivity index (χ0n) is 7.79. The van der Waals surface area contributed by atoms with Crippen LogP contribution in [-0.4, -0.2) is 15.4 Å². The summed E-state index contributed by atoms with van der Waals surface area (Å²) >= 11 is 2.29. The molecule has 0 aliphatic heterocycles. The lowest BCUT2D eigenvalue weighted by Gasteiger charge is -1.98. The van der Waals surface area contributed by atoms with E-state index >= 15 is 0 Å². The summed E-state index contributed by atoms with van der Waals surface area (Å²) in [6.45, 7) is 2.09. The van der Waals surface area contributed by atoms with Crippen molar-refractivity contribution in [3.63, 3.8) is 0 Å².